The van der Waals surface area contributed by atoms with E-state index in [1.807, 2.05) is 0 Å². The standard InChI is InChI=1S/C6H11N3O/c1-5(10)4-9-3-2-8-6(9)7/h2-3,5,10H,4H2,1H3,(H2,7,8). The van der Waals surface area contributed by atoms with Gasteiger partial charge in [0.05, 0.1) is 12.6 Å². The second-order valence-electron chi connectivity index (χ2n) is 2.29. The molecule has 56 valence electrons. The number of hydrogen-bond donors (Lipinski definition) is 2. The highest BCUT2D eigenvalue weighted by Gasteiger charge is 1.99. The van der Waals surface area contributed by atoms with E-state index in [1.165, 1.54) is 0 Å². The van der Waals surface area contributed by atoms with Gasteiger partial charge in [-0.15, -0.1) is 0 Å². The number of aromatic nitrogens is 2. The molecule has 0 saturated carbocycles. The van der Waals surface area contributed by atoms with Gasteiger partial charge >= 0.3 is 0 Å². The molecule has 0 amide bonds. The van der Waals surface area contributed by atoms with Crippen LogP contribution in [0.3, 0.4) is 0 Å². The fraction of sp³-hybridized carbons (Fsp3) is 0.500. The molecule has 0 fully saturated rings. The van der Waals surface area contributed by atoms with Crippen molar-refractivity contribution in [2.24, 2.45) is 0 Å². The van der Waals surface area contributed by atoms with Crippen molar-refractivity contribution < 1.29 is 5.11 Å². The molecule has 1 atom stereocenters. The number of hydrogen-bond acceptors (Lipinski definition) is 3. The Labute approximate surface area is 59.3 Å². The maximum absolute atomic E-state index is 8.94. The summed E-state index contributed by atoms with van der Waals surface area (Å²) in [7, 11) is 0. The van der Waals surface area contributed by atoms with E-state index in [0.29, 0.717) is 12.5 Å². The molecule has 4 nitrogen and oxygen atoms in total. The number of nitrogen functional groups attached to an aromatic ring is 1. The van der Waals surface area contributed by atoms with Crippen LogP contribution in [0.4, 0.5) is 5.95 Å². The minimum absolute atomic E-state index is 0.378. The number of aliphatic hydroxyl groups is 1. The summed E-state index contributed by atoms with van der Waals surface area (Å²) in [5, 5.41) is 8.94. The third-order valence-electron chi connectivity index (χ3n) is 1.21. The summed E-state index contributed by atoms with van der Waals surface area (Å²) in [6.45, 7) is 2.21. The van der Waals surface area contributed by atoms with Crippen LogP contribution in [-0.2, 0) is 6.54 Å². The Morgan fingerprint density at radius 3 is 3.00 bits per heavy atom. The van der Waals surface area contributed by atoms with Crippen LogP contribution in [0, 0.1) is 0 Å². The lowest BCUT2D eigenvalue weighted by Gasteiger charge is -2.05. The minimum atomic E-state index is -0.378. The molecular formula is C6H11N3O. The van der Waals surface area contributed by atoms with E-state index in [9.17, 15) is 0 Å². The van der Waals surface area contributed by atoms with Crippen molar-refractivity contribution >= 4 is 5.95 Å². The number of rotatable bonds is 2. The zero-order valence-corrected chi connectivity index (χ0v) is 5.86. The first-order valence-corrected chi connectivity index (χ1v) is 3.15. The van der Waals surface area contributed by atoms with Gasteiger partial charge in [0.25, 0.3) is 0 Å². The van der Waals surface area contributed by atoms with Crippen LogP contribution in [0.25, 0.3) is 0 Å². The highest BCUT2D eigenvalue weighted by molar-refractivity contribution is 5.16. The van der Waals surface area contributed by atoms with Gasteiger partial charge in [-0.2, -0.15) is 0 Å². The van der Waals surface area contributed by atoms with Crippen molar-refractivity contribution in [2.45, 2.75) is 19.6 Å². The number of aliphatic hydroxyl groups excluding tert-OH is 1. The van der Waals surface area contributed by atoms with E-state index >= 15 is 0 Å². The molecule has 0 bridgehead atoms. The molecule has 10 heavy (non-hydrogen) atoms. The topological polar surface area (TPSA) is 64.1 Å². The smallest absolute Gasteiger partial charge is 0.200 e. The number of imidazole rings is 1. The molecule has 1 aromatic heterocycles. The Morgan fingerprint density at radius 2 is 2.60 bits per heavy atom. The fourth-order valence-corrected chi connectivity index (χ4v) is 0.780. The summed E-state index contributed by atoms with van der Waals surface area (Å²) in [6.07, 6.45) is 2.97. The van der Waals surface area contributed by atoms with Crippen LogP contribution >= 0.6 is 0 Å². The van der Waals surface area contributed by atoms with E-state index in [2.05, 4.69) is 4.98 Å². The Hall–Kier alpha value is -1.03. The molecule has 0 spiro atoms. The first kappa shape index (κ1) is 7.08. The summed E-state index contributed by atoms with van der Waals surface area (Å²) in [4.78, 5) is 3.80. The lowest BCUT2D eigenvalue weighted by molar-refractivity contribution is 0.174. The Morgan fingerprint density at radius 1 is 1.90 bits per heavy atom. The van der Waals surface area contributed by atoms with Gasteiger partial charge in [-0.3, -0.25) is 0 Å². The molecule has 4 heteroatoms. The first-order valence-electron chi connectivity index (χ1n) is 3.15. The zero-order valence-electron chi connectivity index (χ0n) is 5.86. The van der Waals surface area contributed by atoms with E-state index < -0.39 is 0 Å². The molecule has 0 aliphatic heterocycles. The molecular weight excluding hydrogens is 130 g/mol. The maximum atomic E-state index is 8.94. The van der Waals surface area contributed by atoms with Crippen LogP contribution < -0.4 is 5.73 Å². The zero-order chi connectivity index (χ0) is 7.56. The predicted octanol–water partition coefficient (Wildman–Crippen LogP) is -0.154. The number of nitrogens with two attached hydrogens (primary N) is 1. The molecule has 0 saturated heterocycles. The molecule has 1 rings (SSSR count). The molecule has 0 aliphatic rings. The number of nitrogens with zero attached hydrogens (tertiary/aromatic N) is 2. The molecule has 1 heterocycles. The maximum Gasteiger partial charge on any atom is 0.200 e. The lowest BCUT2D eigenvalue weighted by atomic mass is 10.4. The van der Waals surface area contributed by atoms with E-state index in [-0.39, 0.29) is 6.10 Å². The average Bonchev–Trinajstić information content (AvgIpc) is 2.15. The van der Waals surface area contributed by atoms with E-state index in [0.717, 1.165) is 0 Å². The van der Waals surface area contributed by atoms with E-state index in [1.54, 1.807) is 23.9 Å². The summed E-state index contributed by atoms with van der Waals surface area (Å²) in [5.74, 6) is 0.445. The molecule has 0 aliphatic carbocycles. The van der Waals surface area contributed by atoms with Crippen LogP contribution in [-0.4, -0.2) is 20.8 Å². The molecule has 3 N–H and O–H groups in total. The SMILES string of the molecule is CC(O)Cn1ccnc1N. The minimum Gasteiger partial charge on any atom is -0.392 e. The summed E-state index contributed by atoms with van der Waals surface area (Å²) in [6, 6.07) is 0. The van der Waals surface area contributed by atoms with Crippen molar-refractivity contribution in [1.82, 2.24) is 9.55 Å². The van der Waals surface area contributed by atoms with Crippen LogP contribution in [0.1, 0.15) is 6.92 Å². The van der Waals surface area contributed by atoms with Gasteiger partial charge in [0.15, 0.2) is 5.95 Å². The van der Waals surface area contributed by atoms with E-state index in [4.69, 9.17) is 10.8 Å². The lowest BCUT2D eigenvalue weighted by Crippen LogP contribution is -2.12. The molecule has 1 aromatic rings. The van der Waals surface area contributed by atoms with Gasteiger partial charge in [0.1, 0.15) is 0 Å². The first-order chi connectivity index (χ1) is 4.70. The molecule has 1 unspecified atom stereocenters. The largest absolute Gasteiger partial charge is 0.392 e. The molecule has 0 aromatic carbocycles. The normalized spacial score (nSPS) is 13.4. The molecule has 0 radical (unpaired) electrons. The van der Waals surface area contributed by atoms with Crippen molar-refractivity contribution in [3.63, 3.8) is 0 Å². The van der Waals surface area contributed by atoms with Crippen LogP contribution in [0.15, 0.2) is 12.4 Å². The fourth-order valence-electron chi connectivity index (χ4n) is 0.780. The quantitative estimate of drug-likeness (QED) is 0.601. The monoisotopic (exact) mass is 141 g/mol. The van der Waals surface area contributed by atoms with Crippen LogP contribution in [0.5, 0.6) is 0 Å². The van der Waals surface area contributed by atoms with Crippen molar-refractivity contribution in [1.29, 1.82) is 0 Å². The Balaban J connectivity index is 2.65. The highest BCUT2D eigenvalue weighted by atomic mass is 16.3. The second kappa shape index (κ2) is 2.70. The van der Waals surface area contributed by atoms with Gasteiger partial charge in [-0.1, -0.05) is 0 Å². The summed E-state index contributed by atoms with van der Waals surface area (Å²) in [5.41, 5.74) is 5.43. The van der Waals surface area contributed by atoms with Crippen molar-refractivity contribution in [3.05, 3.63) is 12.4 Å². The van der Waals surface area contributed by atoms with Gasteiger partial charge in [-0.05, 0) is 6.92 Å². The van der Waals surface area contributed by atoms with Crippen molar-refractivity contribution in [2.75, 3.05) is 5.73 Å². The summed E-state index contributed by atoms with van der Waals surface area (Å²) < 4.78 is 1.70. The Kier molecular flexibility index (Phi) is 1.91. The predicted molar refractivity (Wildman–Crippen MR) is 38.3 cm³/mol. The third-order valence-corrected chi connectivity index (χ3v) is 1.21. The number of anilines is 1. The van der Waals surface area contributed by atoms with Crippen LogP contribution in [0.2, 0.25) is 0 Å². The third kappa shape index (κ3) is 1.48. The van der Waals surface area contributed by atoms with Gasteiger partial charge in [-0.25, -0.2) is 4.98 Å². The van der Waals surface area contributed by atoms with Gasteiger partial charge in [0, 0.05) is 12.4 Å². The Bertz CT molecular complexity index is 207. The average molecular weight is 141 g/mol. The second-order valence-corrected chi connectivity index (χ2v) is 2.29. The van der Waals surface area contributed by atoms with Gasteiger partial charge < -0.3 is 15.4 Å². The highest BCUT2D eigenvalue weighted by Crippen LogP contribution is 1.99. The van der Waals surface area contributed by atoms with Crippen molar-refractivity contribution in [3.8, 4) is 0 Å². The van der Waals surface area contributed by atoms with Gasteiger partial charge in [0.2, 0.25) is 0 Å². The summed E-state index contributed by atoms with van der Waals surface area (Å²) >= 11 is 0.